The summed E-state index contributed by atoms with van der Waals surface area (Å²) < 4.78 is 0.951. The number of nitrogens with zero attached hydrogens (tertiary/aromatic N) is 1. The zero-order valence-electron chi connectivity index (χ0n) is 9.56. The Balaban J connectivity index is 2.20. The van der Waals surface area contributed by atoms with Gasteiger partial charge in [0.2, 0.25) is 0 Å². The Hall–Kier alpha value is -0.250. The molecule has 1 aromatic rings. The van der Waals surface area contributed by atoms with Gasteiger partial charge in [-0.1, -0.05) is 11.6 Å². The lowest BCUT2D eigenvalue weighted by Crippen LogP contribution is -2.57. The third-order valence-electron chi connectivity index (χ3n) is 2.84. The lowest BCUT2D eigenvalue weighted by molar-refractivity contribution is 0.353. The van der Waals surface area contributed by atoms with E-state index in [1.807, 2.05) is 12.1 Å². The molecule has 0 unspecified atom stereocenters. The molecule has 1 aromatic carbocycles. The van der Waals surface area contributed by atoms with Crippen molar-refractivity contribution in [1.82, 2.24) is 5.32 Å². The first-order chi connectivity index (χ1) is 7.48. The molecule has 1 saturated heterocycles. The number of benzene rings is 1. The highest BCUT2D eigenvalue weighted by molar-refractivity contribution is 9.10. The van der Waals surface area contributed by atoms with E-state index >= 15 is 0 Å². The van der Waals surface area contributed by atoms with Crippen LogP contribution in [0.2, 0.25) is 5.02 Å². The molecule has 1 heterocycles. The molecule has 0 aliphatic carbocycles. The van der Waals surface area contributed by atoms with E-state index in [-0.39, 0.29) is 5.54 Å². The molecule has 1 fully saturated rings. The molecular formula is C12H16BrClN2. The second-order valence-corrected chi connectivity index (χ2v) is 6.09. The largest absolute Gasteiger partial charge is 0.368 e. The highest BCUT2D eigenvalue weighted by Crippen LogP contribution is 2.28. The van der Waals surface area contributed by atoms with Crippen LogP contribution in [0, 0.1) is 0 Å². The van der Waals surface area contributed by atoms with E-state index in [0.29, 0.717) is 0 Å². The summed E-state index contributed by atoms with van der Waals surface area (Å²) in [6, 6.07) is 6.14. The number of nitrogens with one attached hydrogen (secondary N) is 1. The van der Waals surface area contributed by atoms with Crippen LogP contribution < -0.4 is 10.2 Å². The Morgan fingerprint density at radius 1 is 1.44 bits per heavy atom. The van der Waals surface area contributed by atoms with Gasteiger partial charge in [0.05, 0.1) is 5.02 Å². The van der Waals surface area contributed by atoms with Crippen molar-refractivity contribution in [2.24, 2.45) is 0 Å². The number of hydrogen-bond donors (Lipinski definition) is 1. The summed E-state index contributed by atoms with van der Waals surface area (Å²) >= 11 is 9.53. The minimum absolute atomic E-state index is 0.164. The fraction of sp³-hybridized carbons (Fsp3) is 0.500. The van der Waals surface area contributed by atoms with E-state index in [1.54, 1.807) is 0 Å². The van der Waals surface area contributed by atoms with Crippen molar-refractivity contribution in [2.45, 2.75) is 19.4 Å². The molecule has 0 spiro atoms. The minimum Gasteiger partial charge on any atom is -0.368 e. The molecule has 16 heavy (non-hydrogen) atoms. The Kier molecular flexibility index (Phi) is 3.48. The van der Waals surface area contributed by atoms with Gasteiger partial charge in [-0.25, -0.2) is 0 Å². The van der Waals surface area contributed by atoms with Gasteiger partial charge >= 0.3 is 0 Å². The van der Waals surface area contributed by atoms with Crippen LogP contribution in [0.3, 0.4) is 0 Å². The molecule has 1 aliphatic heterocycles. The lowest BCUT2D eigenvalue weighted by Gasteiger charge is -2.40. The van der Waals surface area contributed by atoms with Crippen LogP contribution in [0.25, 0.3) is 0 Å². The first-order valence-electron chi connectivity index (χ1n) is 5.43. The predicted octanol–water partition coefficient (Wildman–Crippen LogP) is 3.29. The standard InChI is InChI=1S/C12H16BrClN2/c1-12(2)8-16(6-5-15-12)9-3-4-10(13)11(14)7-9/h3-4,7,15H,5-6,8H2,1-2H3. The van der Waals surface area contributed by atoms with Crippen molar-refractivity contribution in [1.29, 1.82) is 0 Å². The van der Waals surface area contributed by atoms with E-state index in [0.717, 1.165) is 29.1 Å². The molecule has 2 nitrogen and oxygen atoms in total. The molecule has 0 bridgehead atoms. The summed E-state index contributed by atoms with van der Waals surface area (Å²) in [5, 5.41) is 4.27. The smallest absolute Gasteiger partial charge is 0.0568 e. The highest BCUT2D eigenvalue weighted by atomic mass is 79.9. The van der Waals surface area contributed by atoms with Gasteiger partial charge < -0.3 is 10.2 Å². The molecule has 0 saturated carbocycles. The average molecular weight is 304 g/mol. The van der Waals surface area contributed by atoms with E-state index in [9.17, 15) is 0 Å². The third-order valence-corrected chi connectivity index (χ3v) is 4.07. The number of hydrogen-bond acceptors (Lipinski definition) is 2. The van der Waals surface area contributed by atoms with Crippen LogP contribution in [0.4, 0.5) is 5.69 Å². The first-order valence-corrected chi connectivity index (χ1v) is 6.60. The monoisotopic (exact) mass is 302 g/mol. The fourth-order valence-corrected chi connectivity index (χ4v) is 2.46. The van der Waals surface area contributed by atoms with Crippen LogP contribution in [-0.2, 0) is 0 Å². The maximum absolute atomic E-state index is 6.11. The maximum Gasteiger partial charge on any atom is 0.0568 e. The van der Waals surface area contributed by atoms with Gasteiger partial charge in [0, 0.05) is 35.3 Å². The number of anilines is 1. The highest BCUT2D eigenvalue weighted by Gasteiger charge is 2.25. The van der Waals surface area contributed by atoms with Crippen molar-refractivity contribution in [3.05, 3.63) is 27.7 Å². The zero-order valence-corrected chi connectivity index (χ0v) is 11.9. The van der Waals surface area contributed by atoms with Crippen LogP contribution in [-0.4, -0.2) is 25.2 Å². The van der Waals surface area contributed by atoms with Crippen molar-refractivity contribution >= 4 is 33.2 Å². The number of halogens is 2. The van der Waals surface area contributed by atoms with Gasteiger partial charge in [0.1, 0.15) is 0 Å². The van der Waals surface area contributed by atoms with Gasteiger partial charge in [-0.15, -0.1) is 0 Å². The van der Waals surface area contributed by atoms with Crippen LogP contribution >= 0.6 is 27.5 Å². The molecule has 4 heteroatoms. The molecular weight excluding hydrogens is 288 g/mol. The van der Waals surface area contributed by atoms with E-state index in [1.165, 1.54) is 5.69 Å². The normalized spacial score (nSPS) is 19.9. The SMILES string of the molecule is CC1(C)CN(c2ccc(Br)c(Cl)c2)CCN1. The van der Waals surface area contributed by atoms with Crippen molar-refractivity contribution in [3.63, 3.8) is 0 Å². The quantitative estimate of drug-likeness (QED) is 0.856. The molecule has 0 amide bonds. The molecule has 1 N–H and O–H groups in total. The summed E-state index contributed by atoms with van der Waals surface area (Å²) in [6.07, 6.45) is 0. The second-order valence-electron chi connectivity index (χ2n) is 4.83. The molecule has 1 aliphatic rings. The zero-order chi connectivity index (χ0) is 11.8. The molecule has 88 valence electrons. The fourth-order valence-electron chi connectivity index (χ4n) is 2.04. The van der Waals surface area contributed by atoms with E-state index < -0.39 is 0 Å². The first kappa shape index (κ1) is 12.2. The lowest BCUT2D eigenvalue weighted by atomic mass is 10.0. The second kappa shape index (κ2) is 4.55. The Morgan fingerprint density at radius 2 is 2.19 bits per heavy atom. The van der Waals surface area contributed by atoms with Crippen LogP contribution in [0.5, 0.6) is 0 Å². The van der Waals surface area contributed by atoms with Crippen molar-refractivity contribution in [2.75, 3.05) is 24.5 Å². The Morgan fingerprint density at radius 3 is 2.81 bits per heavy atom. The molecule has 0 radical (unpaired) electrons. The van der Waals surface area contributed by atoms with Gasteiger partial charge in [-0.3, -0.25) is 0 Å². The number of piperazine rings is 1. The Labute approximate surface area is 110 Å². The van der Waals surface area contributed by atoms with Crippen LogP contribution in [0.1, 0.15) is 13.8 Å². The summed E-state index contributed by atoms with van der Waals surface area (Å²) in [7, 11) is 0. The molecule has 0 atom stereocenters. The summed E-state index contributed by atoms with van der Waals surface area (Å²) in [6.45, 7) is 7.49. The van der Waals surface area contributed by atoms with Gasteiger partial charge in [0.25, 0.3) is 0 Å². The summed E-state index contributed by atoms with van der Waals surface area (Å²) in [5.74, 6) is 0. The van der Waals surface area contributed by atoms with E-state index in [4.69, 9.17) is 11.6 Å². The van der Waals surface area contributed by atoms with E-state index in [2.05, 4.69) is 46.1 Å². The maximum atomic E-state index is 6.11. The topological polar surface area (TPSA) is 15.3 Å². The predicted molar refractivity (Wildman–Crippen MR) is 73.4 cm³/mol. The van der Waals surface area contributed by atoms with Gasteiger partial charge in [0.15, 0.2) is 0 Å². The van der Waals surface area contributed by atoms with Gasteiger partial charge in [-0.05, 0) is 48.0 Å². The van der Waals surface area contributed by atoms with Crippen LogP contribution in [0.15, 0.2) is 22.7 Å². The average Bonchev–Trinajstić information content (AvgIpc) is 2.20. The Bertz CT molecular complexity index is 393. The van der Waals surface area contributed by atoms with Crippen molar-refractivity contribution < 1.29 is 0 Å². The molecule has 0 aromatic heterocycles. The number of rotatable bonds is 1. The van der Waals surface area contributed by atoms with Gasteiger partial charge in [-0.2, -0.15) is 0 Å². The molecule has 2 rings (SSSR count). The summed E-state index contributed by atoms with van der Waals surface area (Å²) in [5.41, 5.74) is 1.36. The summed E-state index contributed by atoms with van der Waals surface area (Å²) in [4.78, 5) is 2.37. The third kappa shape index (κ3) is 2.70. The van der Waals surface area contributed by atoms with Crippen molar-refractivity contribution in [3.8, 4) is 0 Å². The minimum atomic E-state index is 0.164.